The third kappa shape index (κ3) is 4.44. The van der Waals surface area contributed by atoms with Gasteiger partial charge in [-0.1, -0.05) is 24.3 Å². The van der Waals surface area contributed by atoms with Crippen molar-refractivity contribution in [1.82, 2.24) is 19.9 Å². The molecule has 5 rings (SSSR count). The molecule has 3 heterocycles. The van der Waals surface area contributed by atoms with Crippen LogP contribution in [0.1, 0.15) is 28.8 Å². The maximum Gasteiger partial charge on any atom is 0.321 e. The number of amides is 1. The largest absolute Gasteiger partial charge is 0.424 e. The van der Waals surface area contributed by atoms with Gasteiger partial charge in [-0.2, -0.15) is 0 Å². The van der Waals surface area contributed by atoms with Crippen LogP contribution in [-0.2, 0) is 6.42 Å². The van der Waals surface area contributed by atoms with E-state index in [1.54, 1.807) is 30.6 Å². The van der Waals surface area contributed by atoms with Crippen LogP contribution in [0.25, 0.3) is 10.9 Å². The standard InChI is InChI=1S/C26H24N4O2/c31-25(21-8-1-9-22(17-21)32-26-28-13-5-14-29-26)30-15-4-6-19(18-30)16-20-7-2-11-24-23(20)10-3-12-27-24/h1-3,5,7-14,17,19H,4,6,15-16,18H2. The van der Waals surface area contributed by atoms with E-state index in [9.17, 15) is 4.79 Å². The summed E-state index contributed by atoms with van der Waals surface area (Å²) < 4.78 is 5.70. The first-order valence-electron chi connectivity index (χ1n) is 10.9. The summed E-state index contributed by atoms with van der Waals surface area (Å²) in [6.07, 6.45) is 8.15. The molecule has 1 atom stereocenters. The molecule has 160 valence electrons. The van der Waals surface area contributed by atoms with Crippen molar-refractivity contribution in [2.45, 2.75) is 19.3 Å². The normalized spacial score (nSPS) is 16.1. The van der Waals surface area contributed by atoms with Crippen molar-refractivity contribution in [2.24, 2.45) is 5.92 Å². The predicted octanol–water partition coefficient (Wildman–Crippen LogP) is 4.91. The molecule has 0 bridgehead atoms. The third-order valence-electron chi connectivity index (χ3n) is 5.88. The minimum atomic E-state index is 0.0358. The predicted molar refractivity (Wildman–Crippen MR) is 123 cm³/mol. The Kier molecular flexibility index (Phi) is 5.75. The third-order valence-corrected chi connectivity index (χ3v) is 5.88. The minimum absolute atomic E-state index is 0.0358. The summed E-state index contributed by atoms with van der Waals surface area (Å²) in [6, 6.07) is 19.6. The van der Waals surface area contributed by atoms with Crippen molar-refractivity contribution in [3.05, 3.63) is 90.4 Å². The van der Waals surface area contributed by atoms with Crippen LogP contribution in [0, 0.1) is 5.92 Å². The smallest absolute Gasteiger partial charge is 0.321 e. The lowest BCUT2D eigenvalue weighted by atomic mass is 9.89. The molecular formula is C26H24N4O2. The summed E-state index contributed by atoms with van der Waals surface area (Å²) in [7, 11) is 0. The molecule has 6 heteroatoms. The molecule has 2 aromatic carbocycles. The van der Waals surface area contributed by atoms with E-state index >= 15 is 0 Å². The van der Waals surface area contributed by atoms with Gasteiger partial charge in [-0.15, -0.1) is 0 Å². The second-order valence-electron chi connectivity index (χ2n) is 8.11. The summed E-state index contributed by atoms with van der Waals surface area (Å²) in [4.78, 5) is 27.8. The van der Waals surface area contributed by atoms with Crippen molar-refractivity contribution < 1.29 is 9.53 Å². The Morgan fingerprint density at radius 1 is 0.969 bits per heavy atom. The SMILES string of the molecule is O=C(c1cccc(Oc2ncccn2)c1)N1CCCC(Cc2cccc3ncccc23)C1. The van der Waals surface area contributed by atoms with Crippen molar-refractivity contribution in [1.29, 1.82) is 0 Å². The van der Waals surface area contributed by atoms with E-state index in [4.69, 9.17) is 4.74 Å². The maximum atomic E-state index is 13.2. The van der Waals surface area contributed by atoms with Gasteiger partial charge in [0.05, 0.1) is 5.52 Å². The van der Waals surface area contributed by atoms with Crippen molar-refractivity contribution in [3.63, 3.8) is 0 Å². The first-order valence-corrected chi connectivity index (χ1v) is 10.9. The summed E-state index contributed by atoms with van der Waals surface area (Å²) in [5, 5.41) is 1.20. The number of likely N-dealkylation sites (tertiary alicyclic amines) is 1. The molecule has 1 aliphatic heterocycles. The Hall–Kier alpha value is -3.80. The lowest BCUT2D eigenvalue weighted by molar-refractivity contribution is 0.0673. The number of benzene rings is 2. The number of fused-ring (bicyclic) bond motifs is 1. The van der Waals surface area contributed by atoms with Crippen molar-refractivity contribution >= 4 is 16.8 Å². The molecule has 6 nitrogen and oxygen atoms in total. The van der Waals surface area contributed by atoms with Gasteiger partial charge in [0, 0.05) is 42.6 Å². The number of rotatable bonds is 5. The zero-order valence-electron chi connectivity index (χ0n) is 17.7. The molecule has 2 aromatic heterocycles. The number of carbonyl (C=O) groups is 1. The zero-order valence-corrected chi connectivity index (χ0v) is 17.7. The molecule has 0 radical (unpaired) electrons. The molecule has 1 aliphatic rings. The van der Waals surface area contributed by atoms with E-state index < -0.39 is 0 Å². The molecule has 0 saturated carbocycles. The summed E-state index contributed by atoms with van der Waals surface area (Å²) in [6.45, 7) is 1.53. The highest BCUT2D eigenvalue weighted by Gasteiger charge is 2.25. The molecule has 1 amide bonds. The number of hydrogen-bond acceptors (Lipinski definition) is 5. The second-order valence-corrected chi connectivity index (χ2v) is 8.11. The van der Waals surface area contributed by atoms with Crippen LogP contribution in [0.2, 0.25) is 0 Å². The summed E-state index contributed by atoms with van der Waals surface area (Å²) in [5.74, 6) is 1.02. The number of carbonyl (C=O) groups excluding carboxylic acids is 1. The van der Waals surface area contributed by atoms with E-state index in [-0.39, 0.29) is 11.9 Å². The highest BCUT2D eigenvalue weighted by atomic mass is 16.5. The van der Waals surface area contributed by atoms with Gasteiger partial charge in [0.2, 0.25) is 0 Å². The Labute approximate surface area is 186 Å². The number of piperidine rings is 1. The maximum absolute atomic E-state index is 13.2. The fourth-order valence-corrected chi connectivity index (χ4v) is 4.39. The topological polar surface area (TPSA) is 68.2 Å². The number of pyridine rings is 1. The van der Waals surface area contributed by atoms with Crippen LogP contribution < -0.4 is 4.74 Å². The quantitative estimate of drug-likeness (QED) is 0.455. The van der Waals surface area contributed by atoms with Gasteiger partial charge in [0.15, 0.2) is 0 Å². The number of aromatic nitrogens is 3. The Bertz CT molecular complexity index is 1220. The number of hydrogen-bond donors (Lipinski definition) is 0. The molecule has 1 unspecified atom stereocenters. The summed E-state index contributed by atoms with van der Waals surface area (Å²) >= 11 is 0. The average molecular weight is 425 g/mol. The van der Waals surface area contributed by atoms with Crippen LogP contribution in [0.5, 0.6) is 11.8 Å². The Morgan fingerprint density at radius 2 is 1.81 bits per heavy atom. The van der Waals surface area contributed by atoms with E-state index in [0.717, 1.165) is 37.9 Å². The van der Waals surface area contributed by atoms with Gasteiger partial charge < -0.3 is 9.64 Å². The van der Waals surface area contributed by atoms with E-state index in [0.29, 0.717) is 17.2 Å². The summed E-state index contributed by atoms with van der Waals surface area (Å²) in [5.41, 5.74) is 2.94. The molecule has 0 spiro atoms. The first-order chi connectivity index (χ1) is 15.8. The van der Waals surface area contributed by atoms with Crippen LogP contribution in [0.4, 0.5) is 0 Å². The van der Waals surface area contributed by atoms with Gasteiger partial charge >= 0.3 is 6.01 Å². The Balaban J connectivity index is 1.29. The van der Waals surface area contributed by atoms with Gasteiger partial charge in [0.25, 0.3) is 5.91 Å². The fourth-order valence-electron chi connectivity index (χ4n) is 4.39. The van der Waals surface area contributed by atoms with E-state index in [1.807, 2.05) is 35.4 Å². The van der Waals surface area contributed by atoms with Gasteiger partial charge in [-0.05, 0) is 67.1 Å². The molecule has 0 aliphatic carbocycles. The minimum Gasteiger partial charge on any atom is -0.424 e. The molecule has 32 heavy (non-hydrogen) atoms. The van der Waals surface area contributed by atoms with Crippen LogP contribution >= 0.6 is 0 Å². The molecule has 1 fully saturated rings. The monoisotopic (exact) mass is 424 g/mol. The fraction of sp³-hybridized carbons (Fsp3) is 0.231. The average Bonchev–Trinajstić information content (AvgIpc) is 2.85. The molecule has 4 aromatic rings. The van der Waals surface area contributed by atoms with E-state index in [1.165, 1.54) is 10.9 Å². The van der Waals surface area contributed by atoms with Crippen LogP contribution in [-0.4, -0.2) is 38.8 Å². The lowest BCUT2D eigenvalue weighted by Crippen LogP contribution is -2.40. The molecule has 0 N–H and O–H groups in total. The second kappa shape index (κ2) is 9.14. The molecule has 1 saturated heterocycles. The zero-order chi connectivity index (χ0) is 21.8. The highest BCUT2D eigenvalue weighted by Crippen LogP contribution is 2.27. The van der Waals surface area contributed by atoms with Crippen LogP contribution in [0.3, 0.4) is 0 Å². The number of nitrogens with zero attached hydrogens (tertiary/aromatic N) is 4. The van der Waals surface area contributed by atoms with Crippen molar-refractivity contribution in [3.8, 4) is 11.8 Å². The van der Waals surface area contributed by atoms with E-state index in [2.05, 4.69) is 33.2 Å². The van der Waals surface area contributed by atoms with Crippen molar-refractivity contribution in [2.75, 3.05) is 13.1 Å². The van der Waals surface area contributed by atoms with Gasteiger partial charge in [0.1, 0.15) is 5.75 Å². The van der Waals surface area contributed by atoms with Crippen LogP contribution in [0.15, 0.2) is 79.3 Å². The first kappa shape index (κ1) is 20.1. The molecular weight excluding hydrogens is 400 g/mol. The van der Waals surface area contributed by atoms with Gasteiger partial charge in [-0.25, -0.2) is 9.97 Å². The van der Waals surface area contributed by atoms with Gasteiger partial charge in [-0.3, -0.25) is 9.78 Å². The number of ether oxygens (including phenoxy) is 1. The Morgan fingerprint density at radius 3 is 2.72 bits per heavy atom. The highest BCUT2D eigenvalue weighted by molar-refractivity contribution is 5.94. The lowest BCUT2D eigenvalue weighted by Gasteiger charge is -2.33.